The van der Waals surface area contributed by atoms with Gasteiger partial charge in [-0.25, -0.2) is 9.59 Å². The molecule has 1 fully saturated rings. The van der Waals surface area contributed by atoms with E-state index in [1.165, 1.54) is 0 Å². The third-order valence-corrected chi connectivity index (χ3v) is 5.66. The molecule has 4 rings (SSSR count). The van der Waals surface area contributed by atoms with E-state index >= 15 is 0 Å². The zero-order valence-corrected chi connectivity index (χ0v) is 18.3. The Morgan fingerprint density at radius 2 is 1.88 bits per heavy atom. The Labute approximate surface area is 186 Å². The number of carbonyl (C=O) groups excluding carboxylic acids is 2. The first-order valence-electron chi connectivity index (χ1n) is 10.7. The Hall–Kier alpha value is -3.46. The second-order valence-electron chi connectivity index (χ2n) is 7.87. The lowest BCUT2D eigenvalue weighted by atomic mass is 9.99. The number of esters is 1. The van der Waals surface area contributed by atoms with Crippen molar-refractivity contribution in [1.82, 2.24) is 15.5 Å². The van der Waals surface area contributed by atoms with Crippen molar-refractivity contribution >= 4 is 17.7 Å². The summed E-state index contributed by atoms with van der Waals surface area (Å²) in [6.45, 7) is 7.32. The Balaban J connectivity index is 1.53. The van der Waals surface area contributed by atoms with Gasteiger partial charge in [0.25, 0.3) is 0 Å². The first-order chi connectivity index (χ1) is 15.4. The largest absolute Gasteiger partial charge is 0.508 e. The van der Waals surface area contributed by atoms with E-state index in [1.807, 2.05) is 19.1 Å². The molecule has 1 unspecified atom stereocenters. The molecule has 2 aromatic rings. The highest BCUT2D eigenvalue weighted by molar-refractivity contribution is 5.95. The van der Waals surface area contributed by atoms with Crippen LogP contribution in [0.4, 0.5) is 10.5 Å². The van der Waals surface area contributed by atoms with Gasteiger partial charge in [0.05, 0.1) is 12.2 Å². The summed E-state index contributed by atoms with van der Waals surface area (Å²) in [5.74, 6) is 0.962. The van der Waals surface area contributed by atoms with E-state index in [0.717, 1.165) is 31.9 Å². The molecule has 2 amide bonds. The van der Waals surface area contributed by atoms with Crippen molar-refractivity contribution in [3.8, 4) is 5.75 Å². The van der Waals surface area contributed by atoms with E-state index in [-0.39, 0.29) is 18.4 Å². The van der Waals surface area contributed by atoms with Crippen LogP contribution in [0.2, 0.25) is 0 Å². The summed E-state index contributed by atoms with van der Waals surface area (Å²) in [6, 6.07) is 9.64. The fourth-order valence-corrected chi connectivity index (χ4v) is 4.07. The number of piperazine rings is 1. The zero-order chi connectivity index (χ0) is 22.7. The number of furan rings is 1. The van der Waals surface area contributed by atoms with Gasteiger partial charge >= 0.3 is 12.0 Å². The van der Waals surface area contributed by atoms with Crippen molar-refractivity contribution in [3.63, 3.8) is 0 Å². The Morgan fingerprint density at radius 3 is 2.50 bits per heavy atom. The molecule has 1 aromatic heterocycles. The topological polar surface area (TPSA) is 107 Å². The second kappa shape index (κ2) is 9.35. The zero-order valence-electron chi connectivity index (χ0n) is 18.3. The fraction of sp³-hybridized carbons (Fsp3) is 0.391. The highest BCUT2D eigenvalue weighted by Crippen LogP contribution is 2.29. The maximum atomic E-state index is 12.9. The van der Waals surface area contributed by atoms with Crippen LogP contribution >= 0.6 is 0 Å². The Kier molecular flexibility index (Phi) is 6.36. The fourth-order valence-electron chi connectivity index (χ4n) is 4.07. The first-order valence-corrected chi connectivity index (χ1v) is 10.7. The predicted molar refractivity (Wildman–Crippen MR) is 118 cm³/mol. The van der Waals surface area contributed by atoms with E-state index in [1.54, 1.807) is 31.2 Å². The van der Waals surface area contributed by atoms with Crippen molar-refractivity contribution in [2.75, 3.05) is 44.2 Å². The third kappa shape index (κ3) is 4.72. The van der Waals surface area contributed by atoms with Crippen LogP contribution in [-0.2, 0) is 9.53 Å². The Morgan fingerprint density at radius 1 is 1.16 bits per heavy atom. The number of aryl methyl sites for hydroxylation is 1. The number of anilines is 1. The molecule has 9 nitrogen and oxygen atoms in total. The number of ether oxygens (including phenoxy) is 1. The average molecular weight is 441 g/mol. The van der Waals surface area contributed by atoms with Crippen LogP contribution in [0, 0.1) is 6.92 Å². The van der Waals surface area contributed by atoms with E-state index < -0.39 is 12.0 Å². The molecule has 1 aromatic carbocycles. The minimum absolute atomic E-state index is 0.235. The third-order valence-electron chi connectivity index (χ3n) is 5.66. The number of aromatic hydroxyl groups is 1. The van der Waals surface area contributed by atoms with E-state index in [4.69, 9.17) is 9.15 Å². The van der Waals surface area contributed by atoms with E-state index in [9.17, 15) is 14.7 Å². The summed E-state index contributed by atoms with van der Waals surface area (Å²) in [6.07, 6.45) is 0. The van der Waals surface area contributed by atoms with Crippen LogP contribution in [0.15, 0.2) is 52.1 Å². The molecule has 0 spiro atoms. The van der Waals surface area contributed by atoms with Crippen LogP contribution in [0.1, 0.15) is 24.5 Å². The van der Waals surface area contributed by atoms with Crippen LogP contribution in [0.25, 0.3) is 0 Å². The second-order valence-corrected chi connectivity index (χ2v) is 7.87. The molecular weight excluding hydrogens is 412 g/mol. The molecule has 1 saturated heterocycles. The van der Waals surface area contributed by atoms with Crippen LogP contribution in [0.3, 0.4) is 0 Å². The number of hydrogen-bond donors (Lipinski definition) is 3. The number of phenolic OH excluding ortho intramolecular Hbond substituents is 1. The number of phenols is 1. The van der Waals surface area contributed by atoms with Gasteiger partial charge in [-0.1, -0.05) is 0 Å². The lowest BCUT2D eigenvalue weighted by Crippen LogP contribution is -2.51. The van der Waals surface area contributed by atoms with Gasteiger partial charge in [-0.2, -0.15) is 0 Å². The average Bonchev–Trinajstić information content (AvgIpc) is 3.21. The molecule has 0 saturated carbocycles. The molecule has 0 aliphatic carbocycles. The highest BCUT2D eigenvalue weighted by atomic mass is 16.5. The summed E-state index contributed by atoms with van der Waals surface area (Å²) in [7, 11) is 0. The summed E-state index contributed by atoms with van der Waals surface area (Å²) in [5.41, 5.74) is 1.95. The molecule has 2 aliphatic heterocycles. The van der Waals surface area contributed by atoms with Crippen molar-refractivity contribution < 1.29 is 23.8 Å². The maximum Gasteiger partial charge on any atom is 0.338 e. The van der Waals surface area contributed by atoms with Gasteiger partial charge in [-0.3, -0.25) is 4.90 Å². The SMILES string of the molecule is CCOC(=O)C1=C(CN2CCN(c3ccc(O)cc3)CC2)NC(=O)NC1c1ccc(C)o1. The molecule has 170 valence electrons. The molecule has 32 heavy (non-hydrogen) atoms. The normalized spacial score (nSPS) is 19.5. The van der Waals surface area contributed by atoms with Gasteiger partial charge in [0.2, 0.25) is 0 Å². The monoisotopic (exact) mass is 440 g/mol. The molecular formula is C23H28N4O5. The standard InChI is InChI=1S/C23H28N4O5/c1-3-31-22(29)20-18(24-23(30)25-21(20)19-9-4-15(2)32-19)14-26-10-12-27(13-11-26)16-5-7-17(28)8-6-16/h4-9,21,28H,3,10-14H2,1-2H3,(H2,24,25,30). The number of hydrogen-bond acceptors (Lipinski definition) is 7. The van der Waals surface area contributed by atoms with Crippen LogP contribution in [0.5, 0.6) is 5.75 Å². The number of urea groups is 1. The molecule has 3 N–H and O–H groups in total. The summed E-state index contributed by atoms with van der Waals surface area (Å²) in [5, 5.41) is 15.1. The highest BCUT2D eigenvalue weighted by Gasteiger charge is 2.36. The summed E-state index contributed by atoms with van der Waals surface area (Å²) in [4.78, 5) is 29.7. The van der Waals surface area contributed by atoms with Gasteiger partial charge in [-0.05, 0) is 50.2 Å². The molecule has 9 heteroatoms. The van der Waals surface area contributed by atoms with Crippen LogP contribution in [-0.4, -0.2) is 61.3 Å². The van der Waals surface area contributed by atoms with Crippen molar-refractivity contribution in [1.29, 1.82) is 0 Å². The number of carbonyl (C=O) groups is 2. The molecule has 0 radical (unpaired) electrons. The first kappa shape index (κ1) is 21.8. The number of nitrogens with zero attached hydrogens (tertiary/aromatic N) is 2. The molecule has 0 bridgehead atoms. The quantitative estimate of drug-likeness (QED) is 0.592. The van der Waals surface area contributed by atoms with E-state index in [2.05, 4.69) is 20.4 Å². The van der Waals surface area contributed by atoms with Crippen molar-refractivity contribution in [2.45, 2.75) is 19.9 Å². The minimum atomic E-state index is -0.704. The molecule has 1 atom stereocenters. The molecule has 2 aliphatic rings. The lowest BCUT2D eigenvalue weighted by Gasteiger charge is -2.37. The van der Waals surface area contributed by atoms with Gasteiger partial charge in [0, 0.05) is 44.1 Å². The maximum absolute atomic E-state index is 12.9. The van der Waals surface area contributed by atoms with E-state index in [0.29, 0.717) is 29.3 Å². The predicted octanol–water partition coefficient (Wildman–Crippen LogP) is 2.29. The Bertz CT molecular complexity index is 1010. The van der Waals surface area contributed by atoms with Gasteiger partial charge in [0.1, 0.15) is 23.3 Å². The van der Waals surface area contributed by atoms with Gasteiger partial charge in [-0.15, -0.1) is 0 Å². The minimum Gasteiger partial charge on any atom is -0.508 e. The number of rotatable bonds is 6. The summed E-state index contributed by atoms with van der Waals surface area (Å²) >= 11 is 0. The number of amides is 2. The smallest absolute Gasteiger partial charge is 0.338 e. The molecule has 3 heterocycles. The van der Waals surface area contributed by atoms with Crippen LogP contribution < -0.4 is 15.5 Å². The summed E-state index contributed by atoms with van der Waals surface area (Å²) < 4.78 is 11.0. The number of nitrogens with one attached hydrogen (secondary N) is 2. The van der Waals surface area contributed by atoms with Crippen molar-refractivity contribution in [3.05, 3.63) is 59.2 Å². The lowest BCUT2D eigenvalue weighted by molar-refractivity contribution is -0.139. The van der Waals surface area contributed by atoms with Crippen molar-refractivity contribution in [2.24, 2.45) is 0 Å². The number of benzene rings is 1. The van der Waals surface area contributed by atoms with Gasteiger partial charge < -0.3 is 29.8 Å². The van der Waals surface area contributed by atoms with Gasteiger partial charge in [0.15, 0.2) is 0 Å².